The third-order valence-corrected chi connectivity index (χ3v) is 8.50. The highest BCUT2D eigenvalue weighted by molar-refractivity contribution is 7.89. The zero-order chi connectivity index (χ0) is 24.8. The van der Waals surface area contributed by atoms with Crippen molar-refractivity contribution >= 4 is 15.9 Å². The van der Waals surface area contributed by atoms with Crippen molar-refractivity contribution in [3.05, 3.63) is 46.6 Å². The summed E-state index contributed by atoms with van der Waals surface area (Å²) in [6.07, 6.45) is 2.72. The molecule has 1 amide bonds. The van der Waals surface area contributed by atoms with E-state index in [0.29, 0.717) is 18.9 Å². The zero-order valence-electron chi connectivity index (χ0n) is 18.9. The molecule has 2 saturated heterocycles. The number of rotatable bonds is 7. The monoisotopic (exact) mass is 500 g/mol. The molecule has 2 fully saturated rings. The molecule has 1 aromatic carbocycles. The summed E-state index contributed by atoms with van der Waals surface area (Å²) in [6, 6.07) is 0.647. The highest BCUT2D eigenvalue weighted by Gasteiger charge is 2.44. The maximum absolute atomic E-state index is 14.0. The summed E-state index contributed by atoms with van der Waals surface area (Å²) < 4.78 is 73.2. The zero-order valence-corrected chi connectivity index (χ0v) is 19.7. The number of benzene rings is 1. The van der Waals surface area contributed by atoms with E-state index in [9.17, 15) is 26.4 Å². The number of nitrogens with two attached hydrogens (primary N) is 1. The number of carbonyl (C=O) groups is 1. The van der Waals surface area contributed by atoms with E-state index in [2.05, 4.69) is 9.88 Å². The van der Waals surface area contributed by atoms with Crippen LogP contribution in [0.1, 0.15) is 42.7 Å². The second kappa shape index (κ2) is 9.31. The Morgan fingerprint density at radius 3 is 2.38 bits per heavy atom. The van der Waals surface area contributed by atoms with Crippen LogP contribution < -0.4 is 10.5 Å². The molecule has 2 aromatic rings. The Balaban J connectivity index is 1.38. The van der Waals surface area contributed by atoms with Crippen LogP contribution in [0.5, 0.6) is 0 Å². The van der Waals surface area contributed by atoms with Crippen molar-refractivity contribution in [2.24, 2.45) is 11.7 Å². The number of sulfonamides is 1. The first-order chi connectivity index (χ1) is 16.0. The van der Waals surface area contributed by atoms with Crippen LogP contribution in [0.15, 0.2) is 21.6 Å². The van der Waals surface area contributed by atoms with Crippen LogP contribution in [-0.2, 0) is 21.2 Å². The first-order valence-electron chi connectivity index (χ1n) is 11.1. The minimum absolute atomic E-state index is 0.0194. The molecule has 0 aliphatic carbocycles. The van der Waals surface area contributed by atoms with Crippen molar-refractivity contribution in [3.63, 3.8) is 0 Å². The minimum Gasteiger partial charge on any atom is -0.360 e. The van der Waals surface area contributed by atoms with Gasteiger partial charge in [0.2, 0.25) is 15.9 Å². The lowest BCUT2D eigenvalue weighted by atomic mass is 9.82. The number of nitrogens with zero attached hydrogens (tertiary/aromatic N) is 2. The van der Waals surface area contributed by atoms with Crippen LogP contribution in [-0.4, -0.2) is 49.1 Å². The predicted octanol–water partition coefficient (Wildman–Crippen LogP) is 2.33. The Hall–Kier alpha value is -2.44. The van der Waals surface area contributed by atoms with E-state index < -0.39 is 40.1 Å². The van der Waals surface area contributed by atoms with Crippen molar-refractivity contribution in [1.82, 2.24) is 14.8 Å². The molecule has 0 spiro atoms. The molecule has 4 atom stereocenters. The number of amides is 1. The molecule has 4 rings (SSSR count). The first kappa shape index (κ1) is 24.7. The van der Waals surface area contributed by atoms with Gasteiger partial charge in [0.05, 0.1) is 6.54 Å². The lowest BCUT2D eigenvalue weighted by molar-refractivity contribution is -0.135. The molecule has 34 heavy (non-hydrogen) atoms. The third-order valence-electron chi connectivity index (χ3n) is 6.86. The molecule has 0 radical (unpaired) electrons. The Labute approximate surface area is 195 Å². The lowest BCUT2D eigenvalue weighted by Gasteiger charge is -2.41. The maximum Gasteiger partial charge on any atom is 0.246 e. The molecule has 8 nitrogen and oxygen atoms in total. The molecule has 3 N–H and O–H groups in total. The van der Waals surface area contributed by atoms with Gasteiger partial charge in [-0.1, -0.05) is 5.16 Å². The van der Waals surface area contributed by atoms with E-state index in [1.807, 2.05) is 0 Å². The summed E-state index contributed by atoms with van der Waals surface area (Å²) in [5, 5.41) is 3.64. The first-order valence-corrected chi connectivity index (χ1v) is 12.6. The van der Waals surface area contributed by atoms with Gasteiger partial charge in [-0.15, -0.1) is 0 Å². The fraction of sp³-hybridized carbons (Fsp3) is 0.545. The maximum atomic E-state index is 14.0. The number of piperidine rings is 1. The predicted molar refractivity (Wildman–Crippen MR) is 116 cm³/mol. The molecule has 2 aliphatic rings. The van der Waals surface area contributed by atoms with Crippen LogP contribution >= 0.6 is 0 Å². The van der Waals surface area contributed by atoms with Gasteiger partial charge in [-0.2, -0.15) is 0 Å². The quantitative estimate of drug-likeness (QED) is 0.564. The van der Waals surface area contributed by atoms with Gasteiger partial charge in [-0.25, -0.2) is 26.3 Å². The molecule has 12 heteroatoms. The Bertz CT molecular complexity index is 1170. The summed E-state index contributed by atoms with van der Waals surface area (Å²) in [5.74, 6) is -3.43. The Morgan fingerprint density at radius 2 is 1.79 bits per heavy atom. The second-order valence-electron chi connectivity index (χ2n) is 9.12. The SMILES string of the molecule is Cc1noc(C)c1S(=O)(=O)NCC(=O)N1[C@@H]2CC[C@H]1C[C@H]([C@H](N)Cc1cc(F)c(F)cc1F)C2. The van der Waals surface area contributed by atoms with E-state index in [4.69, 9.17) is 10.3 Å². The summed E-state index contributed by atoms with van der Waals surface area (Å²) in [6.45, 7) is 2.60. The number of carbonyl (C=O) groups excluding carboxylic acids is 1. The van der Waals surface area contributed by atoms with Crippen LogP contribution in [0, 0.1) is 37.2 Å². The van der Waals surface area contributed by atoms with Gasteiger partial charge < -0.3 is 15.2 Å². The van der Waals surface area contributed by atoms with Gasteiger partial charge in [-0.3, -0.25) is 4.79 Å². The van der Waals surface area contributed by atoms with E-state index in [1.54, 1.807) is 4.90 Å². The number of halogens is 3. The van der Waals surface area contributed by atoms with E-state index >= 15 is 0 Å². The smallest absolute Gasteiger partial charge is 0.246 e. The average Bonchev–Trinajstić information content (AvgIpc) is 3.25. The topological polar surface area (TPSA) is 119 Å². The van der Waals surface area contributed by atoms with Gasteiger partial charge >= 0.3 is 0 Å². The second-order valence-corrected chi connectivity index (χ2v) is 10.8. The summed E-state index contributed by atoms with van der Waals surface area (Å²) in [7, 11) is -3.96. The standard InChI is InChI=1S/C22H27F3N4O4S/c1-11-22(12(2)33-28-11)34(31,32)27-10-21(30)29-15-3-4-16(29)6-14(5-15)20(26)8-13-7-18(24)19(25)9-17(13)23/h7,9,14-16,20,27H,3-6,8,10,26H2,1-2H3/t14-,15-,16+,20-/m1/s1. The van der Waals surface area contributed by atoms with E-state index in [-0.39, 0.29) is 52.2 Å². The molecule has 1 aromatic heterocycles. The summed E-state index contributed by atoms with van der Waals surface area (Å²) in [5.41, 5.74) is 6.55. The largest absolute Gasteiger partial charge is 0.360 e. The highest BCUT2D eigenvalue weighted by atomic mass is 32.2. The lowest BCUT2D eigenvalue weighted by Crippen LogP contribution is -2.52. The van der Waals surface area contributed by atoms with Crippen molar-refractivity contribution in [1.29, 1.82) is 0 Å². The third kappa shape index (κ3) is 4.71. The number of aryl methyl sites for hydroxylation is 2. The van der Waals surface area contributed by atoms with E-state index in [0.717, 1.165) is 18.9 Å². The molecule has 186 valence electrons. The molecule has 2 aliphatic heterocycles. The van der Waals surface area contributed by atoms with Crippen LogP contribution in [0.3, 0.4) is 0 Å². The van der Waals surface area contributed by atoms with Crippen molar-refractivity contribution < 1.29 is 30.9 Å². The summed E-state index contributed by atoms with van der Waals surface area (Å²) >= 11 is 0. The number of aromatic nitrogens is 1. The van der Waals surface area contributed by atoms with Gasteiger partial charge in [0.1, 0.15) is 16.4 Å². The number of hydrogen-bond acceptors (Lipinski definition) is 6. The van der Waals surface area contributed by atoms with Gasteiger partial charge in [0, 0.05) is 24.2 Å². The molecule has 2 bridgehead atoms. The molecular weight excluding hydrogens is 473 g/mol. The van der Waals surface area contributed by atoms with Crippen LogP contribution in [0.2, 0.25) is 0 Å². The van der Waals surface area contributed by atoms with Crippen molar-refractivity contribution in [3.8, 4) is 0 Å². The molecule has 3 heterocycles. The summed E-state index contributed by atoms with van der Waals surface area (Å²) in [4.78, 5) is 14.6. The highest BCUT2D eigenvalue weighted by Crippen LogP contribution is 2.40. The average molecular weight is 501 g/mol. The number of hydrogen-bond donors (Lipinski definition) is 2. The van der Waals surface area contributed by atoms with Crippen molar-refractivity contribution in [2.75, 3.05) is 6.54 Å². The van der Waals surface area contributed by atoms with Gasteiger partial charge in [0.25, 0.3) is 0 Å². The minimum atomic E-state index is -3.96. The van der Waals surface area contributed by atoms with E-state index in [1.165, 1.54) is 13.8 Å². The molecular formula is C22H27F3N4O4S. The molecule has 0 unspecified atom stereocenters. The van der Waals surface area contributed by atoms with Gasteiger partial charge in [-0.05, 0) is 63.5 Å². The Morgan fingerprint density at radius 1 is 1.18 bits per heavy atom. The number of nitrogens with one attached hydrogen (secondary N) is 1. The number of fused-ring (bicyclic) bond motifs is 2. The Kier molecular flexibility index (Phi) is 6.76. The fourth-order valence-electron chi connectivity index (χ4n) is 5.30. The van der Waals surface area contributed by atoms with Gasteiger partial charge in [0.15, 0.2) is 17.4 Å². The van der Waals surface area contributed by atoms with Crippen LogP contribution in [0.25, 0.3) is 0 Å². The van der Waals surface area contributed by atoms with Crippen molar-refractivity contribution in [2.45, 2.75) is 69.0 Å². The normalized spacial score (nSPS) is 23.4. The van der Waals surface area contributed by atoms with Crippen LogP contribution in [0.4, 0.5) is 13.2 Å². The fourth-order valence-corrected chi connectivity index (χ4v) is 6.59. The molecule has 0 saturated carbocycles.